The zero-order valence-electron chi connectivity index (χ0n) is 16.6. The molecule has 1 aliphatic carbocycles. The fraction of sp³-hybridized carbons (Fsp3) is 0.348. The van der Waals surface area contributed by atoms with Gasteiger partial charge in [0.15, 0.2) is 0 Å². The first-order valence-corrected chi connectivity index (χ1v) is 9.93. The van der Waals surface area contributed by atoms with Gasteiger partial charge >= 0.3 is 18.0 Å². The number of carbonyl (C=O) groups is 3. The Balaban J connectivity index is 1.53. The van der Waals surface area contributed by atoms with Gasteiger partial charge in [-0.1, -0.05) is 48.5 Å². The number of hydrogen-bond acceptors (Lipinski definition) is 5. The summed E-state index contributed by atoms with van der Waals surface area (Å²) in [6.45, 7) is 0.0285. The number of amides is 1. The van der Waals surface area contributed by atoms with E-state index >= 15 is 0 Å². The minimum absolute atomic E-state index is 0.0776. The van der Waals surface area contributed by atoms with Crippen LogP contribution >= 0.6 is 0 Å². The molecule has 0 bridgehead atoms. The summed E-state index contributed by atoms with van der Waals surface area (Å²) >= 11 is 0. The maximum atomic E-state index is 12.9. The molecule has 7 heteroatoms. The Bertz CT molecular complexity index is 942. The molecule has 2 aliphatic rings. The molecule has 1 heterocycles. The number of ether oxygens (including phenoxy) is 2. The predicted octanol–water partition coefficient (Wildman–Crippen LogP) is 3.27. The van der Waals surface area contributed by atoms with E-state index < -0.39 is 30.0 Å². The van der Waals surface area contributed by atoms with Crippen LogP contribution in [-0.4, -0.2) is 54.3 Å². The Hall–Kier alpha value is -3.35. The lowest BCUT2D eigenvalue weighted by atomic mass is 9.93. The summed E-state index contributed by atoms with van der Waals surface area (Å²) in [4.78, 5) is 37.6. The average Bonchev–Trinajstić information content (AvgIpc) is 3.10. The van der Waals surface area contributed by atoms with E-state index in [0.717, 1.165) is 22.3 Å². The highest BCUT2D eigenvalue weighted by Crippen LogP contribution is 2.44. The van der Waals surface area contributed by atoms with Gasteiger partial charge in [0.05, 0.1) is 13.0 Å². The molecule has 2 unspecified atom stereocenters. The van der Waals surface area contributed by atoms with Crippen molar-refractivity contribution in [3.8, 4) is 11.1 Å². The maximum absolute atomic E-state index is 12.9. The van der Waals surface area contributed by atoms with Crippen molar-refractivity contribution in [3.05, 3.63) is 59.7 Å². The predicted molar refractivity (Wildman–Crippen MR) is 108 cm³/mol. The molecule has 156 valence electrons. The molecule has 1 saturated heterocycles. The van der Waals surface area contributed by atoms with E-state index in [1.807, 2.05) is 48.5 Å². The van der Waals surface area contributed by atoms with Gasteiger partial charge in [-0.3, -0.25) is 9.69 Å². The summed E-state index contributed by atoms with van der Waals surface area (Å²) in [6.07, 6.45) is -0.158. The van der Waals surface area contributed by atoms with E-state index in [1.54, 1.807) is 0 Å². The van der Waals surface area contributed by atoms with Crippen molar-refractivity contribution in [1.82, 2.24) is 4.90 Å². The fourth-order valence-corrected chi connectivity index (χ4v) is 4.43. The highest BCUT2D eigenvalue weighted by molar-refractivity contribution is 5.83. The quantitative estimate of drug-likeness (QED) is 0.779. The van der Waals surface area contributed by atoms with Crippen molar-refractivity contribution in [3.63, 3.8) is 0 Å². The summed E-state index contributed by atoms with van der Waals surface area (Å²) in [6, 6.07) is 15.2. The first-order chi connectivity index (χ1) is 14.5. The van der Waals surface area contributed by atoms with Crippen LogP contribution in [0.5, 0.6) is 0 Å². The molecular formula is C23H23NO6. The van der Waals surface area contributed by atoms with Crippen molar-refractivity contribution in [2.75, 3.05) is 20.3 Å². The van der Waals surface area contributed by atoms with Crippen molar-refractivity contribution in [2.45, 2.75) is 24.8 Å². The van der Waals surface area contributed by atoms with Crippen molar-refractivity contribution >= 4 is 18.0 Å². The molecule has 30 heavy (non-hydrogen) atoms. The van der Waals surface area contributed by atoms with E-state index in [2.05, 4.69) is 0 Å². The molecule has 0 spiro atoms. The van der Waals surface area contributed by atoms with Gasteiger partial charge in [-0.2, -0.15) is 0 Å². The Labute approximate surface area is 174 Å². The summed E-state index contributed by atoms with van der Waals surface area (Å²) in [5, 5.41) is 9.35. The van der Waals surface area contributed by atoms with Crippen LogP contribution in [0.25, 0.3) is 11.1 Å². The largest absolute Gasteiger partial charge is 0.481 e. The topological polar surface area (TPSA) is 93.1 Å². The third kappa shape index (κ3) is 3.51. The Morgan fingerprint density at radius 3 is 2.17 bits per heavy atom. The van der Waals surface area contributed by atoms with Crippen LogP contribution in [0, 0.1) is 5.92 Å². The Kier molecular flexibility index (Phi) is 5.44. The van der Waals surface area contributed by atoms with E-state index in [0.29, 0.717) is 6.42 Å². The number of methoxy groups -OCH3 is 1. The maximum Gasteiger partial charge on any atom is 0.410 e. The van der Waals surface area contributed by atoms with E-state index in [1.165, 1.54) is 12.0 Å². The minimum atomic E-state index is -0.991. The smallest absolute Gasteiger partial charge is 0.410 e. The van der Waals surface area contributed by atoms with Gasteiger partial charge in [0.1, 0.15) is 12.6 Å². The third-order valence-electron chi connectivity index (χ3n) is 5.97. The number of aliphatic carboxylic acids is 1. The summed E-state index contributed by atoms with van der Waals surface area (Å²) in [7, 11) is 1.25. The molecule has 1 fully saturated rings. The van der Waals surface area contributed by atoms with Crippen LogP contribution in [0.3, 0.4) is 0 Å². The molecule has 1 amide bonds. The number of esters is 1. The second-order valence-corrected chi connectivity index (χ2v) is 7.61. The van der Waals surface area contributed by atoms with Gasteiger partial charge in [0.25, 0.3) is 0 Å². The molecule has 7 nitrogen and oxygen atoms in total. The van der Waals surface area contributed by atoms with Gasteiger partial charge in [0, 0.05) is 12.5 Å². The first kappa shape index (κ1) is 19.9. The number of piperidine rings is 1. The molecule has 0 radical (unpaired) electrons. The lowest BCUT2D eigenvalue weighted by Gasteiger charge is -2.35. The molecule has 1 N–H and O–H groups in total. The lowest BCUT2D eigenvalue weighted by Crippen LogP contribution is -2.52. The number of carbonyl (C=O) groups excluding carboxylic acids is 2. The van der Waals surface area contributed by atoms with Gasteiger partial charge in [0.2, 0.25) is 0 Å². The van der Waals surface area contributed by atoms with Crippen LogP contribution in [0.4, 0.5) is 4.79 Å². The Morgan fingerprint density at radius 2 is 1.60 bits per heavy atom. The normalized spacial score (nSPS) is 20.2. The second-order valence-electron chi connectivity index (χ2n) is 7.61. The van der Waals surface area contributed by atoms with Crippen LogP contribution in [0.2, 0.25) is 0 Å². The molecule has 0 saturated carbocycles. The Morgan fingerprint density at radius 1 is 1.00 bits per heavy atom. The number of likely N-dealkylation sites (tertiary alicyclic amines) is 1. The van der Waals surface area contributed by atoms with Crippen molar-refractivity contribution in [2.24, 2.45) is 5.92 Å². The molecule has 2 aromatic carbocycles. The molecule has 4 rings (SSSR count). The number of rotatable bonds is 4. The van der Waals surface area contributed by atoms with Crippen molar-refractivity contribution < 1.29 is 29.0 Å². The standard InChI is InChI=1S/C23H23NO6/c1-29-22(27)20-11-10-14(21(25)26)12-24(20)23(28)30-13-19-17-8-4-2-6-15(17)16-7-3-5-9-18(16)19/h2-9,14,19-20H,10-13H2,1H3,(H,25,26). The number of nitrogens with zero attached hydrogens (tertiary/aromatic N) is 1. The summed E-state index contributed by atoms with van der Waals surface area (Å²) in [5.41, 5.74) is 4.40. The highest BCUT2D eigenvalue weighted by Gasteiger charge is 2.40. The van der Waals surface area contributed by atoms with Crippen LogP contribution in [0.1, 0.15) is 29.9 Å². The fourth-order valence-electron chi connectivity index (χ4n) is 4.43. The van der Waals surface area contributed by atoms with E-state index in [4.69, 9.17) is 9.47 Å². The van der Waals surface area contributed by atoms with E-state index in [9.17, 15) is 19.5 Å². The monoisotopic (exact) mass is 409 g/mol. The lowest BCUT2D eigenvalue weighted by molar-refractivity contribution is -0.152. The van der Waals surface area contributed by atoms with Crippen LogP contribution in [0.15, 0.2) is 48.5 Å². The third-order valence-corrected chi connectivity index (χ3v) is 5.97. The van der Waals surface area contributed by atoms with E-state index in [-0.39, 0.29) is 25.5 Å². The molecule has 2 aromatic rings. The summed E-state index contributed by atoms with van der Waals surface area (Å²) in [5.74, 6) is -2.40. The molecule has 1 aliphatic heterocycles. The average molecular weight is 409 g/mol. The van der Waals surface area contributed by atoms with Gasteiger partial charge in [-0.25, -0.2) is 9.59 Å². The van der Waals surface area contributed by atoms with Gasteiger partial charge in [-0.05, 0) is 35.1 Å². The molecular weight excluding hydrogens is 386 g/mol. The number of hydrogen-bond donors (Lipinski definition) is 1. The zero-order chi connectivity index (χ0) is 21.3. The van der Waals surface area contributed by atoms with Crippen LogP contribution in [-0.2, 0) is 19.1 Å². The second kappa shape index (κ2) is 8.18. The first-order valence-electron chi connectivity index (χ1n) is 9.93. The number of carboxylic acid groups (broad SMARTS) is 1. The number of fused-ring (bicyclic) bond motifs is 3. The molecule has 0 aromatic heterocycles. The minimum Gasteiger partial charge on any atom is -0.481 e. The molecule has 2 atom stereocenters. The highest BCUT2D eigenvalue weighted by atomic mass is 16.6. The van der Waals surface area contributed by atoms with Gasteiger partial charge < -0.3 is 14.6 Å². The zero-order valence-corrected chi connectivity index (χ0v) is 16.6. The summed E-state index contributed by atoms with van der Waals surface area (Å²) < 4.78 is 10.4. The number of benzene rings is 2. The van der Waals surface area contributed by atoms with Crippen LogP contribution < -0.4 is 0 Å². The van der Waals surface area contributed by atoms with Gasteiger partial charge in [-0.15, -0.1) is 0 Å². The SMILES string of the molecule is COC(=O)C1CCC(C(=O)O)CN1C(=O)OCC1c2ccccc2-c2ccccc21. The number of carboxylic acids is 1. The van der Waals surface area contributed by atoms with Crippen molar-refractivity contribution in [1.29, 1.82) is 0 Å².